The fourth-order valence-electron chi connectivity index (χ4n) is 2.10. The molecule has 6 heteroatoms. The van der Waals surface area contributed by atoms with Gasteiger partial charge < -0.3 is 15.4 Å². The van der Waals surface area contributed by atoms with Crippen LogP contribution < -0.4 is 15.4 Å². The van der Waals surface area contributed by atoms with E-state index in [0.29, 0.717) is 17.9 Å². The molecule has 0 bridgehead atoms. The van der Waals surface area contributed by atoms with Crippen LogP contribution in [0.3, 0.4) is 0 Å². The Morgan fingerprint density at radius 1 is 1.12 bits per heavy atom. The van der Waals surface area contributed by atoms with E-state index in [4.69, 9.17) is 4.74 Å². The Balaban J connectivity index is 2.06. The van der Waals surface area contributed by atoms with Gasteiger partial charge in [0.15, 0.2) is 0 Å². The second kappa shape index (κ2) is 8.82. The molecule has 0 aliphatic rings. The maximum atomic E-state index is 12.4. The summed E-state index contributed by atoms with van der Waals surface area (Å²) in [6.45, 7) is 6.40. The molecular formula is C19H23N3O3. The lowest BCUT2D eigenvalue weighted by Gasteiger charge is -2.11. The van der Waals surface area contributed by atoms with E-state index in [1.165, 1.54) is 12.3 Å². The van der Waals surface area contributed by atoms with Crippen LogP contribution in [-0.4, -0.2) is 29.4 Å². The first-order chi connectivity index (χ1) is 12.0. The summed E-state index contributed by atoms with van der Waals surface area (Å²) in [6.07, 6.45) is 2.28. The normalized spacial score (nSPS) is 11.5. The number of rotatable bonds is 7. The summed E-state index contributed by atoms with van der Waals surface area (Å²) >= 11 is 0. The molecule has 0 radical (unpaired) electrons. The molecule has 1 atom stereocenters. The standard InChI is InChI=1S/C19H23N3O3/c1-4-13(3)21-19(24)17-12-14(10-11-20-17)18(23)22-15-6-8-16(9-7-15)25-5-2/h6-13H,4-5H2,1-3H3,(H,21,24)(H,22,23). The van der Waals surface area contributed by atoms with Crippen molar-refractivity contribution in [1.82, 2.24) is 10.3 Å². The quantitative estimate of drug-likeness (QED) is 0.810. The molecule has 1 aromatic carbocycles. The number of anilines is 1. The number of carbonyl (C=O) groups is 2. The largest absolute Gasteiger partial charge is 0.494 e. The molecule has 1 aromatic heterocycles. The average molecular weight is 341 g/mol. The minimum atomic E-state index is -0.302. The number of nitrogens with one attached hydrogen (secondary N) is 2. The van der Waals surface area contributed by atoms with E-state index in [2.05, 4.69) is 15.6 Å². The Hall–Kier alpha value is -2.89. The molecule has 132 valence electrons. The number of hydrogen-bond donors (Lipinski definition) is 2. The van der Waals surface area contributed by atoms with E-state index in [1.807, 2.05) is 20.8 Å². The number of pyridine rings is 1. The highest BCUT2D eigenvalue weighted by atomic mass is 16.5. The summed E-state index contributed by atoms with van der Waals surface area (Å²) in [4.78, 5) is 28.5. The predicted molar refractivity (Wildman–Crippen MR) is 97.0 cm³/mol. The number of hydrogen-bond acceptors (Lipinski definition) is 4. The Kier molecular flexibility index (Phi) is 6.51. The van der Waals surface area contributed by atoms with Crippen LogP contribution >= 0.6 is 0 Å². The third kappa shape index (κ3) is 5.31. The summed E-state index contributed by atoms with van der Waals surface area (Å²) in [5, 5.41) is 5.62. The lowest BCUT2D eigenvalue weighted by molar-refractivity contribution is 0.0934. The zero-order valence-corrected chi connectivity index (χ0v) is 14.7. The first-order valence-electron chi connectivity index (χ1n) is 8.34. The zero-order chi connectivity index (χ0) is 18.2. The van der Waals surface area contributed by atoms with Crippen molar-refractivity contribution in [2.45, 2.75) is 33.2 Å². The monoisotopic (exact) mass is 341 g/mol. The van der Waals surface area contributed by atoms with Crippen LogP contribution in [0.5, 0.6) is 5.75 Å². The number of nitrogens with zero attached hydrogens (tertiary/aromatic N) is 1. The zero-order valence-electron chi connectivity index (χ0n) is 14.7. The molecule has 25 heavy (non-hydrogen) atoms. The second-order valence-corrected chi connectivity index (χ2v) is 5.62. The third-order valence-corrected chi connectivity index (χ3v) is 3.67. The molecule has 0 spiro atoms. The third-order valence-electron chi connectivity index (χ3n) is 3.67. The molecule has 0 saturated carbocycles. The van der Waals surface area contributed by atoms with Gasteiger partial charge in [0, 0.05) is 23.5 Å². The highest BCUT2D eigenvalue weighted by molar-refractivity contribution is 6.05. The van der Waals surface area contributed by atoms with Crippen molar-refractivity contribution < 1.29 is 14.3 Å². The van der Waals surface area contributed by atoms with Gasteiger partial charge in [0.05, 0.1) is 6.61 Å². The smallest absolute Gasteiger partial charge is 0.270 e. The molecule has 2 aromatic rings. The van der Waals surface area contributed by atoms with Crippen LogP contribution in [0.25, 0.3) is 0 Å². The first-order valence-corrected chi connectivity index (χ1v) is 8.34. The Morgan fingerprint density at radius 2 is 1.84 bits per heavy atom. The van der Waals surface area contributed by atoms with Gasteiger partial charge in [-0.15, -0.1) is 0 Å². The topological polar surface area (TPSA) is 80.3 Å². The highest BCUT2D eigenvalue weighted by Gasteiger charge is 2.13. The average Bonchev–Trinajstić information content (AvgIpc) is 2.63. The highest BCUT2D eigenvalue weighted by Crippen LogP contribution is 2.16. The van der Waals surface area contributed by atoms with E-state index in [1.54, 1.807) is 30.3 Å². The van der Waals surface area contributed by atoms with Crippen LogP contribution in [0, 0.1) is 0 Å². The number of ether oxygens (including phenoxy) is 1. The fraction of sp³-hybridized carbons (Fsp3) is 0.316. The van der Waals surface area contributed by atoms with Gasteiger partial charge in [0.1, 0.15) is 11.4 Å². The molecule has 0 fully saturated rings. The van der Waals surface area contributed by atoms with E-state index >= 15 is 0 Å². The van der Waals surface area contributed by atoms with E-state index in [-0.39, 0.29) is 23.6 Å². The van der Waals surface area contributed by atoms with Crippen LogP contribution in [0.15, 0.2) is 42.6 Å². The summed E-state index contributed by atoms with van der Waals surface area (Å²) in [5.74, 6) is 0.155. The lowest BCUT2D eigenvalue weighted by Crippen LogP contribution is -2.32. The SMILES string of the molecule is CCOc1ccc(NC(=O)c2ccnc(C(=O)NC(C)CC)c2)cc1. The molecular weight excluding hydrogens is 318 g/mol. The van der Waals surface area contributed by atoms with Crippen molar-refractivity contribution >= 4 is 17.5 Å². The van der Waals surface area contributed by atoms with Gasteiger partial charge >= 0.3 is 0 Å². The van der Waals surface area contributed by atoms with Crippen molar-refractivity contribution in [2.24, 2.45) is 0 Å². The minimum absolute atomic E-state index is 0.0515. The van der Waals surface area contributed by atoms with Gasteiger partial charge in [-0.05, 0) is 56.7 Å². The number of aromatic nitrogens is 1. The summed E-state index contributed by atoms with van der Waals surface area (Å²) in [7, 11) is 0. The molecule has 2 N–H and O–H groups in total. The van der Waals surface area contributed by atoms with Crippen LogP contribution in [0.2, 0.25) is 0 Å². The van der Waals surface area contributed by atoms with Crippen molar-refractivity contribution in [3.05, 3.63) is 53.9 Å². The van der Waals surface area contributed by atoms with Gasteiger partial charge in [0.2, 0.25) is 0 Å². The molecule has 6 nitrogen and oxygen atoms in total. The van der Waals surface area contributed by atoms with Crippen molar-refractivity contribution in [2.75, 3.05) is 11.9 Å². The predicted octanol–water partition coefficient (Wildman–Crippen LogP) is 3.26. The maximum Gasteiger partial charge on any atom is 0.270 e. The number of benzene rings is 1. The molecule has 1 unspecified atom stereocenters. The Bertz CT molecular complexity index is 729. The van der Waals surface area contributed by atoms with E-state index in [0.717, 1.165) is 12.2 Å². The van der Waals surface area contributed by atoms with E-state index < -0.39 is 0 Å². The van der Waals surface area contributed by atoms with Gasteiger partial charge in [0.25, 0.3) is 11.8 Å². The maximum absolute atomic E-state index is 12.4. The van der Waals surface area contributed by atoms with Crippen molar-refractivity contribution in [3.63, 3.8) is 0 Å². The number of amides is 2. The minimum Gasteiger partial charge on any atom is -0.494 e. The first kappa shape index (κ1) is 18.4. The summed E-state index contributed by atoms with van der Waals surface area (Å²) in [6, 6.07) is 10.2. The molecule has 2 amide bonds. The molecule has 0 saturated heterocycles. The van der Waals surface area contributed by atoms with Crippen LogP contribution in [0.4, 0.5) is 5.69 Å². The Morgan fingerprint density at radius 3 is 2.48 bits per heavy atom. The summed E-state index contributed by atoms with van der Waals surface area (Å²) in [5.41, 5.74) is 1.24. The number of carbonyl (C=O) groups excluding carboxylic acids is 2. The molecule has 1 heterocycles. The van der Waals surface area contributed by atoms with Crippen LogP contribution in [0.1, 0.15) is 48.0 Å². The summed E-state index contributed by atoms with van der Waals surface area (Å²) < 4.78 is 5.37. The lowest BCUT2D eigenvalue weighted by atomic mass is 10.2. The van der Waals surface area contributed by atoms with Gasteiger partial charge in [-0.1, -0.05) is 6.92 Å². The van der Waals surface area contributed by atoms with Gasteiger partial charge in [-0.3, -0.25) is 14.6 Å². The van der Waals surface area contributed by atoms with Gasteiger partial charge in [-0.25, -0.2) is 0 Å². The fourth-order valence-corrected chi connectivity index (χ4v) is 2.10. The molecule has 0 aliphatic heterocycles. The van der Waals surface area contributed by atoms with Crippen molar-refractivity contribution in [1.29, 1.82) is 0 Å². The molecule has 0 aliphatic carbocycles. The Labute approximate surface area is 147 Å². The van der Waals surface area contributed by atoms with Crippen LogP contribution in [-0.2, 0) is 0 Å². The second-order valence-electron chi connectivity index (χ2n) is 5.62. The molecule has 2 rings (SSSR count). The van der Waals surface area contributed by atoms with Crippen molar-refractivity contribution in [3.8, 4) is 5.75 Å². The van der Waals surface area contributed by atoms with E-state index in [9.17, 15) is 9.59 Å². The van der Waals surface area contributed by atoms with Gasteiger partial charge in [-0.2, -0.15) is 0 Å².